The van der Waals surface area contributed by atoms with E-state index >= 15 is 0 Å². The van der Waals surface area contributed by atoms with E-state index in [-0.39, 0.29) is 24.2 Å². The molecule has 4 rings (SSSR count). The molecule has 31 heavy (non-hydrogen) atoms. The molecular formula is C25H28N4O2. The molecule has 6 heteroatoms. The van der Waals surface area contributed by atoms with E-state index < -0.39 is 0 Å². The fraction of sp³-hybridized carbons (Fsp3) is 0.320. The molecular weight excluding hydrogens is 388 g/mol. The highest BCUT2D eigenvalue weighted by atomic mass is 16.2. The molecule has 2 heterocycles. The van der Waals surface area contributed by atoms with E-state index in [2.05, 4.69) is 59.1 Å². The third-order valence-corrected chi connectivity index (χ3v) is 5.60. The number of anilines is 1. The molecule has 0 saturated carbocycles. The van der Waals surface area contributed by atoms with Gasteiger partial charge in [-0.15, -0.1) is 0 Å². The van der Waals surface area contributed by atoms with Crippen LogP contribution in [0, 0.1) is 5.92 Å². The minimum Gasteiger partial charge on any atom is -0.355 e. The predicted octanol–water partition coefficient (Wildman–Crippen LogP) is 3.82. The van der Waals surface area contributed by atoms with Crippen LogP contribution in [-0.4, -0.2) is 28.1 Å². The largest absolute Gasteiger partial charge is 0.355 e. The number of benzene rings is 2. The Labute approximate surface area is 182 Å². The molecule has 1 saturated heterocycles. The molecule has 1 atom stereocenters. The van der Waals surface area contributed by atoms with Gasteiger partial charge in [-0.05, 0) is 30.0 Å². The SMILES string of the molecule is CCCc1cccc(-c2cc(NC(=O)[C@@H]3CNC(=O)C3)nn2CCc2ccccc2)c1. The topological polar surface area (TPSA) is 76.0 Å². The van der Waals surface area contributed by atoms with Crippen LogP contribution in [0.25, 0.3) is 11.3 Å². The predicted molar refractivity (Wildman–Crippen MR) is 122 cm³/mol. The molecule has 2 aromatic carbocycles. The second-order valence-corrected chi connectivity index (χ2v) is 8.02. The lowest BCUT2D eigenvalue weighted by Crippen LogP contribution is -2.25. The van der Waals surface area contributed by atoms with E-state index in [1.54, 1.807) is 0 Å². The smallest absolute Gasteiger partial charge is 0.230 e. The number of hydrogen-bond acceptors (Lipinski definition) is 3. The lowest BCUT2D eigenvalue weighted by molar-refractivity contribution is -0.123. The summed E-state index contributed by atoms with van der Waals surface area (Å²) in [5.41, 5.74) is 4.59. The van der Waals surface area contributed by atoms with Gasteiger partial charge in [-0.1, -0.05) is 61.9 Å². The van der Waals surface area contributed by atoms with Crippen molar-refractivity contribution in [2.24, 2.45) is 5.92 Å². The average molecular weight is 417 g/mol. The van der Waals surface area contributed by atoms with Crippen molar-refractivity contribution in [3.63, 3.8) is 0 Å². The monoisotopic (exact) mass is 416 g/mol. The lowest BCUT2D eigenvalue weighted by atomic mass is 10.0. The third kappa shape index (κ3) is 5.20. The van der Waals surface area contributed by atoms with Gasteiger partial charge in [-0.25, -0.2) is 0 Å². The molecule has 0 aliphatic carbocycles. The minimum atomic E-state index is -0.349. The summed E-state index contributed by atoms with van der Waals surface area (Å²) in [7, 11) is 0. The van der Waals surface area contributed by atoms with Crippen LogP contribution in [0.3, 0.4) is 0 Å². The molecule has 1 aliphatic heterocycles. The number of aryl methyl sites for hydroxylation is 3. The Kier molecular flexibility index (Phi) is 6.46. The quantitative estimate of drug-likeness (QED) is 0.586. The first kappa shape index (κ1) is 20.8. The second kappa shape index (κ2) is 9.60. The summed E-state index contributed by atoms with van der Waals surface area (Å²) < 4.78 is 1.96. The van der Waals surface area contributed by atoms with Crippen molar-refractivity contribution in [2.75, 3.05) is 11.9 Å². The van der Waals surface area contributed by atoms with Crippen LogP contribution in [0.15, 0.2) is 60.7 Å². The Balaban J connectivity index is 1.58. The van der Waals surface area contributed by atoms with Gasteiger partial charge in [-0.3, -0.25) is 14.3 Å². The Morgan fingerprint density at radius 3 is 2.65 bits per heavy atom. The maximum atomic E-state index is 12.6. The van der Waals surface area contributed by atoms with Gasteiger partial charge in [0.2, 0.25) is 11.8 Å². The normalized spacial score (nSPS) is 15.6. The molecule has 6 nitrogen and oxygen atoms in total. The highest BCUT2D eigenvalue weighted by Gasteiger charge is 2.28. The third-order valence-electron chi connectivity index (χ3n) is 5.60. The summed E-state index contributed by atoms with van der Waals surface area (Å²) in [4.78, 5) is 24.0. The molecule has 0 radical (unpaired) electrons. The number of nitrogens with one attached hydrogen (secondary N) is 2. The van der Waals surface area contributed by atoms with Crippen LogP contribution < -0.4 is 10.6 Å². The van der Waals surface area contributed by atoms with Crippen molar-refractivity contribution in [1.82, 2.24) is 15.1 Å². The number of hydrogen-bond donors (Lipinski definition) is 2. The molecule has 1 fully saturated rings. The Morgan fingerprint density at radius 2 is 1.90 bits per heavy atom. The van der Waals surface area contributed by atoms with Crippen molar-refractivity contribution in [3.8, 4) is 11.3 Å². The average Bonchev–Trinajstić information content (AvgIpc) is 3.40. The number of carbonyl (C=O) groups is 2. The highest BCUT2D eigenvalue weighted by molar-refractivity contribution is 5.96. The zero-order chi connectivity index (χ0) is 21.6. The molecule has 1 aromatic heterocycles. The maximum absolute atomic E-state index is 12.6. The summed E-state index contributed by atoms with van der Waals surface area (Å²) in [6.45, 7) is 3.26. The molecule has 0 spiro atoms. The van der Waals surface area contributed by atoms with Crippen LogP contribution in [0.4, 0.5) is 5.82 Å². The van der Waals surface area contributed by atoms with Crippen molar-refractivity contribution < 1.29 is 9.59 Å². The summed E-state index contributed by atoms with van der Waals surface area (Å²) in [6.07, 6.45) is 3.19. The van der Waals surface area contributed by atoms with Gasteiger partial charge in [0.1, 0.15) is 0 Å². The lowest BCUT2D eigenvalue weighted by Gasteiger charge is -2.09. The van der Waals surface area contributed by atoms with Crippen molar-refractivity contribution in [3.05, 3.63) is 71.8 Å². The van der Waals surface area contributed by atoms with Crippen LogP contribution in [-0.2, 0) is 29.0 Å². The molecule has 2 amide bonds. The Bertz CT molecular complexity index is 1060. The molecule has 160 valence electrons. The van der Waals surface area contributed by atoms with Crippen LogP contribution in [0.2, 0.25) is 0 Å². The summed E-state index contributed by atoms with van der Waals surface area (Å²) in [5, 5.41) is 10.3. The van der Waals surface area contributed by atoms with E-state index in [0.717, 1.165) is 30.5 Å². The van der Waals surface area contributed by atoms with Gasteiger partial charge < -0.3 is 10.6 Å². The summed E-state index contributed by atoms with van der Waals surface area (Å²) >= 11 is 0. The summed E-state index contributed by atoms with van der Waals surface area (Å²) in [6, 6.07) is 20.7. The number of aromatic nitrogens is 2. The van der Waals surface area contributed by atoms with Crippen molar-refractivity contribution in [1.29, 1.82) is 0 Å². The van der Waals surface area contributed by atoms with Crippen LogP contribution in [0.5, 0.6) is 0 Å². The first-order valence-electron chi connectivity index (χ1n) is 10.9. The van der Waals surface area contributed by atoms with Gasteiger partial charge in [0.15, 0.2) is 5.82 Å². The molecule has 3 aromatic rings. The molecule has 2 N–H and O–H groups in total. The van der Waals surface area contributed by atoms with Gasteiger partial charge in [-0.2, -0.15) is 5.10 Å². The zero-order valence-electron chi connectivity index (χ0n) is 17.8. The fourth-order valence-electron chi connectivity index (χ4n) is 3.95. The molecule has 0 unspecified atom stereocenters. The summed E-state index contributed by atoms with van der Waals surface area (Å²) in [5.74, 6) is -0.0779. The standard InChI is InChI=1S/C25H28N4O2/c1-2-7-19-10-6-11-20(14-19)22-16-23(27-25(31)21-15-24(30)26-17-21)28-29(22)13-12-18-8-4-3-5-9-18/h3-6,8-11,14,16,21H,2,7,12-13,15,17H2,1H3,(H,26,30)(H,27,28,31)/t21-/m0/s1. The first-order chi connectivity index (χ1) is 15.1. The maximum Gasteiger partial charge on any atom is 0.230 e. The van der Waals surface area contributed by atoms with E-state index in [0.29, 0.717) is 18.9 Å². The van der Waals surface area contributed by atoms with Gasteiger partial charge in [0.25, 0.3) is 0 Å². The fourth-order valence-corrected chi connectivity index (χ4v) is 3.95. The minimum absolute atomic E-state index is 0.0815. The Hall–Kier alpha value is -3.41. The van der Waals surface area contributed by atoms with Crippen LogP contribution in [0.1, 0.15) is 30.9 Å². The first-order valence-corrected chi connectivity index (χ1v) is 10.9. The van der Waals surface area contributed by atoms with E-state index in [1.807, 2.05) is 28.9 Å². The molecule has 1 aliphatic rings. The van der Waals surface area contributed by atoms with Crippen LogP contribution >= 0.6 is 0 Å². The number of amides is 2. The Morgan fingerprint density at radius 1 is 1.10 bits per heavy atom. The zero-order valence-corrected chi connectivity index (χ0v) is 17.8. The van der Waals surface area contributed by atoms with Crippen molar-refractivity contribution >= 4 is 17.6 Å². The van der Waals surface area contributed by atoms with Gasteiger partial charge in [0, 0.05) is 31.1 Å². The van der Waals surface area contributed by atoms with E-state index in [4.69, 9.17) is 0 Å². The van der Waals surface area contributed by atoms with E-state index in [9.17, 15) is 9.59 Å². The highest BCUT2D eigenvalue weighted by Crippen LogP contribution is 2.25. The van der Waals surface area contributed by atoms with Gasteiger partial charge in [0.05, 0.1) is 11.6 Å². The molecule has 0 bridgehead atoms. The second-order valence-electron chi connectivity index (χ2n) is 8.02. The van der Waals surface area contributed by atoms with E-state index in [1.165, 1.54) is 11.1 Å². The number of nitrogens with zero attached hydrogens (tertiary/aromatic N) is 2. The number of rotatable bonds is 8. The van der Waals surface area contributed by atoms with Gasteiger partial charge >= 0.3 is 0 Å². The van der Waals surface area contributed by atoms with Crippen molar-refractivity contribution in [2.45, 2.75) is 39.2 Å². The number of carbonyl (C=O) groups excluding carboxylic acids is 2.